The Morgan fingerprint density at radius 1 is 0.900 bits per heavy atom. The molecular weight excluding hydrogens is 246 g/mol. The molecule has 2 atom stereocenters. The van der Waals surface area contributed by atoms with Crippen LogP contribution >= 0.6 is 0 Å². The topological polar surface area (TPSA) is 35.2 Å². The average Bonchev–Trinajstić information content (AvgIpc) is 2.50. The molecule has 20 heavy (non-hydrogen) atoms. The number of rotatable bonds is 3. The zero-order valence-corrected chi connectivity index (χ0v) is 11.6. The van der Waals surface area contributed by atoms with E-state index in [0.29, 0.717) is 0 Å². The Kier molecular flexibility index (Phi) is 4.14. The van der Waals surface area contributed by atoms with Crippen molar-refractivity contribution in [2.75, 3.05) is 6.61 Å². The van der Waals surface area contributed by atoms with Crippen molar-refractivity contribution in [3.05, 3.63) is 71.8 Å². The van der Waals surface area contributed by atoms with E-state index < -0.39 is 0 Å². The summed E-state index contributed by atoms with van der Waals surface area (Å²) in [5, 5.41) is 0. The molecule has 0 amide bonds. The molecule has 1 aliphatic rings. The van der Waals surface area contributed by atoms with E-state index in [1.807, 2.05) is 0 Å². The lowest BCUT2D eigenvalue weighted by atomic mass is 9.83. The molecule has 0 bridgehead atoms. The summed E-state index contributed by atoms with van der Waals surface area (Å²) in [7, 11) is 0. The molecule has 2 aromatic rings. The number of ether oxygens (including phenoxy) is 1. The van der Waals surface area contributed by atoms with Gasteiger partial charge in [0.2, 0.25) is 0 Å². The Hall–Kier alpha value is -1.64. The van der Waals surface area contributed by atoms with Crippen LogP contribution in [-0.2, 0) is 4.74 Å². The molecule has 0 radical (unpaired) electrons. The van der Waals surface area contributed by atoms with Crippen LogP contribution in [0.5, 0.6) is 0 Å². The summed E-state index contributed by atoms with van der Waals surface area (Å²) in [5.74, 6) is 0.267. The molecule has 104 valence electrons. The van der Waals surface area contributed by atoms with Crippen LogP contribution in [0.2, 0.25) is 0 Å². The summed E-state index contributed by atoms with van der Waals surface area (Å²) >= 11 is 0. The van der Waals surface area contributed by atoms with Gasteiger partial charge in [0.1, 0.15) is 0 Å². The largest absolute Gasteiger partial charge is 0.377 e. The van der Waals surface area contributed by atoms with Crippen molar-refractivity contribution < 1.29 is 4.74 Å². The van der Waals surface area contributed by atoms with Crippen LogP contribution in [0.1, 0.15) is 29.9 Å². The summed E-state index contributed by atoms with van der Waals surface area (Å²) in [4.78, 5) is 0. The number of benzene rings is 2. The van der Waals surface area contributed by atoms with E-state index in [1.54, 1.807) is 0 Å². The minimum absolute atomic E-state index is 0.170. The van der Waals surface area contributed by atoms with Gasteiger partial charge in [-0.25, -0.2) is 0 Å². The molecule has 2 N–H and O–H groups in total. The van der Waals surface area contributed by atoms with Crippen LogP contribution in [0.3, 0.4) is 0 Å². The second-order valence-corrected chi connectivity index (χ2v) is 5.49. The summed E-state index contributed by atoms with van der Waals surface area (Å²) in [6.45, 7) is 0.766. The molecule has 0 aromatic heterocycles. The maximum absolute atomic E-state index is 6.14. The van der Waals surface area contributed by atoms with Crippen molar-refractivity contribution in [2.45, 2.75) is 30.9 Å². The zero-order chi connectivity index (χ0) is 13.8. The number of hydrogen-bond donors (Lipinski definition) is 1. The second kappa shape index (κ2) is 6.21. The molecule has 3 rings (SSSR count). The summed E-state index contributed by atoms with van der Waals surface area (Å²) < 4.78 is 6.04. The Morgan fingerprint density at radius 3 is 1.95 bits per heavy atom. The van der Waals surface area contributed by atoms with Crippen molar-refractivity contribution in [3.63, 3.8) is 0 Å². The normalized spacial score (nSPS) is 22.9. The number of nitrogens with two attached hydrogens (primary N) is 1. The van der Waals surface area contributed by atoms with Gasteiger partial charge in [-0.15, -0.1) is 0 Å². The first-order chi connectivity index (χ1) is 9.84. The Bertz CT molecular complexity index is 486. The molecule has 1 fully saturated rings. The fourth-order valence-corrected chi connectivity index (χ4v) is 3.03. The van der Waals surface area contributed by atoms with Crippen molar-refractivity contribution >= 4 is 0 Å². The van der Waals surface area contributed by atoms with E-state index in [-0.39, 0.29) is 18.1 Å². The average molecular weight is 267 g/mol. The van der Waals surface area contributed by atoms with Crippen molar-refractivity contribution in [2.24, 2.45) is 5.73 Å². The molecule has 2 nitrogen and oxygen atoms in total. The Balaban J connectivity index is 1.95. The van der Waals surface area contributed by atoms with Crippen molar-refractivity contribution in [3.8, 4) is 0 Å². The smallest absolute Gasteiger partial charge is 0.0698 e. The molecular formula is C18H21NO. The lowest BCUT2D eigenvalue weighted by molar-refractivity contribution is -0.00140. The Morgan fingerprint density at radius 2 is 1.45 bits per heavy atom. The fourth-order valence-electron chi connectivity index (χ4n) is 3.03. The van der Waals surface area contributed by atoms with Gasteiger partial charge >= 0.3 is 0 Å². The van der Waals surface area contributed by atoms with Crippen molar-refractivity contribution in [1.29, 1.82) is 0 Å². The van der Waals surface area contributed by atoms with Crippen LogP contribution < -0.4 is 5.73 Å². The van der Waals surface area contributed by atoms with Gasteiger partial charge in [0.25, 0.3) is 0 Å². The summed E-state index contributed by atoms with van der Waals surface area (Å²) in [6, 6.07) is 21.5. The first-order valence-corrected chi connectivity index (χ1v) is 7.31. The van der Waals surface area contributed by atoms with E-state index in [0.717, 1.165) is 19.4 Å². The van der Waals surface area contributed by atoms with E-state index >= 15 is 0 Å². The SMILES string of the molecule is N[C@@H]1CCO[C@@H](C(c2ccccc2)c2ccccc2)C1. The van der Waals surface area contributed by atoms with Crippen LogP contribution in [0.25, 0.3) is 0 Å². The standard InChI is InChI=1S/C18H21NO/c19-16-11-12-20-17(13-16)18(14-7-3-1-4-8-14)15-9-5-2-6-10-15/h1-10,16-18H,11-13,19H2/t16-,17-/m1/s1. The van der Waals surface area contributed by atoms with Gasteiger partial charge in [0.05, 0.1) is 6.10 Å². The lowest BCUT2D eigenvalue weighted by Crippen LogP contribution is -2.38. The van der Waals surface area contributed by atoms with Crippen LogP contribution in [0.4, 0.5) is 0 Å². The third-order valence-electron chi connectivity index (χ3n) is 4.04. The number of hydrogen-bond acceptors (Lipinski definition) is 2. The Labute approximate surface area is 120 Å². The fraction of sp³-hybridized carbons (Fsp3) is 0.333. The monoisotopic (exact) mass is 267 g/mol. The maximum atomic E-state index is 6.14. The molecule has 0 saturated carbocycles. The van der Waals surface area contributed by atoms with Crippen LogP contribution in [0, 0.1) is 0 Å². The van der Waals surface area contributed by atoms with Gasteiger partial charge < -0.3 is 10.5 Å². The quantitative estimate of drug-likeness (QED) is 0.926. The molecule has 1 heterocycles. The minimum Gasteiger partial charge on any atom is -0.377 e. The summed E-state index contributed by atoms with van der Waals surface area (Å²) in [5.41, 5.74) is 8.75. The predicted molar refractivity (Wildman–Crippen MR) is 81.7 cm³/mol. The van der Waals surface area contributed by atoms with Gasteiger partial charge in [-0.2, -0.15) is 0 Å². The van der Waals surface area contributed by atoms with E-state index in [9.17, 15) is 0 Å². The highest BCUT2D eigenvalue weighted by molar-refractivity contribution is 5.34. The molecule has 1 aliphatic heterocycles. The van der Waals surface area contributed by atoms with Gasteiger partial charge in [-0.3, -0.25) is 0 Å². The maximum Gasteiger partial charge on any atom is 0.0698 e. The van der Waals surface area contributed by atoms with Crippen LogP contribution in [-0.4, -0.2) is 18.8 Å². The van der Waals surface area contributed by atoms with E-state index in [4.69, 9.17) is 10.5 Å². The van der Waals surface area contributed by atoms with Gasteiger partial charge in [-0.05, 0) is 24.0 Å². The third-order valence-corrected chi connectivity index (χ3v) is 4.04. The first kappa shape index (κ1) is 13.3. The second-order valence-electron chi connectivity index (χ2n) is 5.49. The van der Waals surface area contributed by atoms with E-state index in [2.05, 4.69) is 60.7 Å². The molecule has 0 unspecified atom stereocenters. The molecule has 0 spiro atoms. The van der Waals surface area contributed by atoms with Gasteiger partial charge in [0, 0.05) is 18.6 Å². The van der Waals surface area contributed by atoms with Crippen LogP contribution in [0.15, 0.2) is 60.7 Å². The summed E-state index contributed by atoms with van der Waals surface area (Å²) in [6.07, 6.45) is 2.06. The highest BCUT2D eigenvalue weighted by Crippen LogP contribution is 2.33. The molecule has 2 heteroatoms. The zero-order valence-electron chi connectivity index (χ0n) is 11.6. The first-order valence-electron chi connectivity index (χ1n) is 7.31. The lowest BCUT2D eigenvalue weighted by Gasteiger charge is -2.34. The molecule has 0 aliphatic carbocycles. The van der Waals surface area contributed by atoms with Crippen molar-refractivity contribution in [1.82, 2.24) is 0 Å². The molecule has 1 saturated heterocycles. The van der Waals surface area contributed by atoms with Gasteiger partial charge in [0.15, 0.2) is 0 Å². The van der Waals surface area contributed by atoms with Gasteiger partial charge in [-0.1, -0.05) is 60.7 Å². The predicted octanol–water partition coefficient (Wildman–Crippen LogP) is 3.32. The molecule has 2 aromatic carbocycles. The third kappa shape index (κ3) is 2.92. The minimum atomic E-state index is 0.170. The van der Waals surface area contributed by atoms with E-state index in [1.165, 1.54) is 11.1 Å². The highest BCUT2D eigenvalue weighted by Gasteiger charge is 2.30. The highest BCUT2D eigenvalue weighted by atomic mass is 16.5.